The zero-order chi connectivity index (χ0) is 15.4. The Morgan fingerprint density at radius 1 is 1.52 bits per heavy atom. The maximum atomic E-state index is 12.0. The fourth-order valence-corrected chi connectivity index (χ4v) is 2.04. The van der Waals surface area contributed by atoms with Gasteiger partial charge in [0, 0.05) is 43.5 Å². The summed E-state index contributed by atoms with van der Waals surface area (Å²) >= 11 is 5.79. The Hall–Kier alpha value is -2.41. The maximum absolute atomic E-state index is 12.0. The fraction of sp³-hybridized carbons (Fsp3) is 0.231. The van der Waals surface area contributed by atoms with E-state index in [9.17, 15) is 14.9 Å². The Bertz CT molecular complexity index is 684. The van der Waals surface area contributed by atoms with Crippen LogP contribution in [0.1, 0.15) is 16.2 Å². The van der Waals surface area contributed by atoms with Crippen LogP contribution in [0.25, 0.3) is 0 Å². The zero-order valence-corrected chi connectivity index (χ0v) is 12.0. The van der Waals surface area contributed by atoms with Gasteiger partial charge in [0.15, 0.2) is 0 Å². The second kappa shape index (κ2) is 6.36. The van der Waals surface area contributed by atoms with E-state index < -0.39 is 10.8 Å². The Labute approximate surface area is 125 Å². The van der Waals surface area contributed by atoms with Crippen molar-refractivity contribution in [3.05, 3.63) is 57.1 Å². The number of rotatable bonds is 5. The molecule has 7 nitrogen and oxygen atoms in total. The van der Waals surface area contributed by atoms with E-state index in [0.717, 1.165) is 5.82 Å². The van der Waals surface area contributed by atoms with E-state index in [1.807, 2.05) is 11.6 Å². The quantitative estimate of drug-likeness (QED) is 0.675. The average Bonchev–Trinajstić information content (AvgIpc) is 2.84. The molecule has 0 saturated carbocycles. The first kappa shape index (κ1) is 15.0. The molecule has 0 atom stereocenters. The highest BCUT2D eigenvalue weighted by Gasteiger charge is 2.20. The number of amides is 1. The summed E-state index contributed by atoms with van der Waals surface area (Å²) in [6.07, 6.45) is 4.00. The number of nitro benzene ring substituents is 1. The molecule has 0 fully saturated rings. The third-order valence-corrected chi connectivity index (χ3v) is 3.19. The lowest BCUT2D eigenvalue weighted by molar-refractivity contribution is -0.385. The smallest absolute Gasteiger partial charge is 0.282 e. The number of nitrogens with one attached hydrogen (secondary N) is 1. The molecule has 1 aromatic carbocycles. The van der Waals surface area contributed by atoms with Crippen LogP contribution in [0, 0.1) is 10.1 Å². The van der Waals surface area contributed by atoms with E-state index in [4.69, 9.17) is 11.6 Å². The zero-order valence-electron chi connectivity index (χ0n) is 11.2. The van der Waals surface area contributed by atoms with Crippen molar-refractivity contribution in [2.45, 2.75) is 6.42 Å². The number of carbonyl (C=O) groups excluding carboxylic acids is 1. The van der Waals surface area contributed by atoms with Crippen molar-refractivity contribution < 1.29 is 9.72 Å². The monoisotopic (exact) mass is 308 g/mol. The lowest BCUT2D eigenvalue weighted by Gasteiger charge is -2.06. The normalized spacial score (nSPS) is 10.4. The van der Waals surface area contributed by atoms with E-state index in [0.29, 0.717) is 13.0 Å². The molecule has 0 saturated heterocycles. The van der Waals surface area contributed by atoms with Crippen LogP contribution in [0.4, 0.5) is 5.69 Å². The van der Waals surface area contributed by atoms with Gasteiger partial charge in [-0.2, -0.15) is 0 Å². The van der Waals surface area contributed by atoms with Crippen LogP contribution in [-0.2, 0) is 13.5 Å². The summed E-state index contributed by atoms with van der Waals surface area (Å²) in [6.45, 7) is 0.327. The predicted molar refractivity (Wildman–Crippen MR) is 77.4 cm³/mol. The van der Waals surface area contributed by atoms with E-state index >= 15 is 0 Å². The molecule has 21 heavy (non-hydrogen) atoms. The number of halogens is 1. The topological polar surface area (TPSA) is 90.1 Å². The Morgan fingerprint density at radius 3 is 2.90 bits per heavy atom. The van der Waals surface area contributed by atoms with Crippen LogP contribution >= 0.6 is 11.6 Å². The maximum Gasteiger partial charge on any atom is 0.282 e. The van der Waals surface area contributed by atoms with Crippen molar-refractivity contribution in [2.75, 3.05) is 6.54 Å². The Balaban J connectivity index is 2.05. The molecular formula is C13H13ClN4O3. The predicted octanol–water partition coefficient (Wildman–Crippen LogP) is 1.95. The van der Waals surface area contributed by atoms with Crippen LogP contribution < -0.4 is 5.32 Å². The van der Waals surface area contributed by atoms with E-state index in [1.165, 1.54) is 18.2 Å². The lowest BCUT2D eigenvalue weighted by Crippen LogP contribution is -2.27. The van der Waals surface area contributed by atoms with Crippen LogP contribution in [0.15, 0.2) is 30.6 Å². The third-order valence-electron chi connectivity index (χ3n) is 2.96. The van der Waals surface area contributed by atoms with Gasteiger partial charge >= 0.3 is 0 Å². The third kappa shape index (κ3) is 3.57. The number of benzene rings is 1. The summed E-state index contributed by atoms with van der Waals surface area (Å²) in [4.78, 5) is 26.5. The Morgan fingerprint density at radius 2 is 2.29 bits per heavy atom. The van der Waals surface area contributed by atoms with Crippen molar-refractivity contribution in [2.24, 2.45) is 7.05 Å². The minimum absolute atomic E-state index is 0.0488. The van der Waals surface area contributed by atoms with Gasteiger partial charge in [-0.05, 0) is 12.1 Å². The summed E-state index contributed by atoms with van der Waals surface area (Å²) in [5.41, 5.74) is -0.318. The molecule has 0 spiro atoms. The molecule has 0 aliphatic rings. The van der Waals surface area contributed by atoms with Gasteiger partial charge < -0.3 is 9.88 Å². The molecule has 0 bridgehead atoms. The molecule has 1 amide bonds. The second-order valence-corrected chi connectivity index (χ2v) is 4.82. The van der Waals surface area contributed by atoms with Gasteiger partial charge in [-0.1, -0.05) is 11.6 Å². The average molecular weight is 309 g/mol. The first-order valence-corrected chi connectivity index (χ1v) is 6.55. The molecule has 2 aromatic rings. The van der Waals surface area contributed by atoms with Gasteiger partial charge in [-0.3, -0.25) is 14.9 Å². The summed E-state index contributed by atoms with van der Waals surface area (Å²) < 4.78 is 1.84. The van der Waals surface area contributed by atoms with Gasteiger partial charge in [-0.25, -0.2) is 4.98 Å². The number of imidazole rings is 1. The van der Waals surface area contributed by atoms with Crippen LogP contribution in [0.5, 0.6) is 0 Å². The van der Waals surface area contributed by atoms with Gasteiger partial charge in [0.05, 0.1) is 4.92 Å². The first-order valence-electron chi connectivity index (χ1n) is 6.17. The number of hydrogen-bond acceptors (Lipinski definition) is 4. The van der Waals surface area contributed by atoms with Crippen LogP contribution in [0.2, 0.25) is 5.02 Å². The van der Waals surface area contributed by atoms with Crippen molar-refractivity contribution >= 4 is 23.2 Å². The molecule has 8 heteroatoms. The van der Waals surface area contributed by atoms with E-state index in [-0.39, 0.29) is 16.3 Å². The molecule has 2 rings (SSSR count). The van der Waals surface area contributed by atoms with Crippen LogP contribution in [0.3, 0.4) is 0 Å². The summed E-state index contributed by atoms with van der Waals surface area (Å²) in [6, 6.07) is 3.89. The highest BCUT2D eigenvalue weighted by atomic mass is 35.5. The molecule has 1 N–H and O–H groups in total. The molecule has 110 valence electrons. The van der Waals surface area contributed by atoms with Gasteiger partial charge in [-0.15, -0.1) is 0 Å². The minimum atomic E-state index is -0.607. The van der Waals surface area contributed by atoms with Crippen molar-refractivity contribution in [1.29, 1.82) is 0 Å². The molecule has 0 unspecified atom stereocenters. The van der Waals surface area contributed by atoms with Gasteiger partial charge in [0.25, 0.3) is 11.6 Å². The number of hydrogen-bond donors (Lipinski definition) is 1. The van der Waals surface area contributed by atoms with Gasteiger partial charge in [0.1, 0.15) is 11.4 Å². The van der Waals surface area contributed by atoms with E-state index in [1.54, 1.807) is 12.4 Å². The van der Waals surface area contributed by atoms with Crippen molar-refractivity contribution in [1.82, 2.24) is 14.9 Å². The summed E-state index contributed by atoms with van der Waals surface area (Å²) in [7, 11) is 1.85. The highest BCUT2D eigenvalue weighted by Crippen LogP contribution is 2.22. The number of aromatic nitrogens is 2. The molecule has 0 aliphatic heterocycles. The number of carbonyl (C=O) groups is 1. The van der Waals surface area contributed by atoms with Gasteiger partial charge in [0.2, 0.25) is 0 Å². The fourth-order valence-electron chi connectivity index (χ4n) is 1.87. The molecule has 0 aliphatic carbocycles. The number of nitrogens with zero attached hydrogens (tertiary/aromatic N) is 3. The Kier molecular flexibility index (Phi) is 4.54. The first-order chi connectivity index (χ1) is 9.99. The van der Waals surface area contributed by atoms with Crippen molar-refractivity contribution in [3.63, 3.8) is 0 Å². The highest BCUT2D eigenvalue weighted by molar-refractivity contribution is 6.31. The van der Waals surface area contributed by atoms with E-state index in [2.05, 4.69) is 10.3 Å². The van der Waals surface area contributed by atoms with Crippen LogP contribution in [-0.4, -0.2) is 26.9 Å². The summed E-state index contributed by atoms with van der Waals surface area (Å²) in [5, 5.41) is 13.8. The largest absolute Gasteiger partial charge is 0.351 e. The second-order valence-electron chi connectivity index (χ2n) is 4.38. The number of nitro groups is 1. The minimum Gasteiger partial charge on any atom is -0.351 e. The standard InChI is InChI=1S/C13H13ClN4O3/c1-17-7-6-15-12(17)4-5-16-13(19)10-8-9(14)2-3-11(10)18(20)21/h2-3,6-8H,4-5H2,1H3,(H,16,19). The molecule has 0 radical (unpaired) electrons. The lowest BCUT2D eigenvalue weighted by atomic mass is 10.1. The summed E-state index contributed by atoms with van der Waals surface area (Å²) in [5.74, 6) is 0.286. The SMILES string of the molecule is Cn1ccnc1CCNC(=O)c1cc(Cl)ccc1[N+](=O)[O-]. The van der Waals surface area contributed by atoms with Crippen molar-refractivity contribution in [3.8, 4) is 0 Å². The molecule has 1 aromatic heterocycles. The molecule has 1 heterocycles. The molecular weight excluding hydrogens is 296 g/mol. The number of aryl methyl sites for hydroxylation is 1.